The fraction of sp³-hybridized carbons (Fsp3) is 0.517. The van der Waals surface area contributed by atoms with E-state index in [1.807, 2.05) is 44.2 Å². The Hall–Kier alpha value is -3.11. The van der Waals surface area contributed by atoms with Crippen LogP contribution in [0, 0.1) is 0 Å². The van der Waals surface area contributed by atoms with Crippen molar-refractivity contribution in [2.75, 3.05) is 19.6 Å². The molecule has 0 aromatic heterocycles. The van der Waals surface area contributed by atoms with Crippen LogP contribution in [0.2, 0.25) is 0 Å². The monoisotopic (exact) mass is 551 g/mol. The topological polar surface area (TPSA) is 90.9 Å². The maximum atomic E-state index is 12.8. The second-order valence-electron chi connectivity index (χ2n) is 9.49. The lowest BCUT2D eigenvalue weighted by atomic mass is 10.00. The molecule has 2 amide bonds. The number of hydrogen-bond donors (Lipinski definition) is 3. The number of alkyl halides is 3. The van der Waals surface area contributed by atoms with Crippen molar-refractivity contribution in [3.8, 4) is 5.75 Å². The molecule has 216 valence electrons. The van der Waals surface area contributed by atoms with Crippen molar-refractivity contribution in [3.05, 3.63) is 65.7 Å². The minimum atomic E-state index is -4.83. The highest BCUT2D eigenvalue weighted by Crippen LogP contribution is 2.24. The van der Waals surface area contributed by atoms with Crippen molar-refractivity contribution in [1.29, 1.82) is 0 Å². The lowest BCUT2D eigenvalue weighted by Gasteiger charge is -2.25. The number of hydrogen-bond acceptors (Lipinski definition) is 5. The number of carbonyl (C=O) groups excluding carboxylic acids is 2. The van der Waals surface area contributed by atoms with Crippen molar-refractivity contribution in [1.82, 2.24) is 15.5 Å². The van der Waals surface area contributed by atoms with Crippen molar-refractivity contribution >= 4 is 11.8 Å². The molecule has 0 spiro atoms. The molecule has 2 aromatic rings. The van der Waals surface area contributed by atoms with Crippen LogP contribution in [0.4, 0.5) is 13.2 Å². The van der Waals surface area contributed by atoms with E-state index in [4.69, 9.17) is 0 Å². The molecule has 10 heteroatoms. The van der Waals surface area contributed by atoms with Crippen molar-refractivity contribution < 1.29 is 32.6 Å². The van der Waals surface area contributed by atoms with E-state index in [-0.39, 0.29) is 43.4 Å². The Morgan fingerprint density at radius 2 is 1.64 bits per heavy atom. The molecule has 0 bridgehead atoms. The number of rotatable bonds is 17. The molecule has 0 heterocycles. The minimum absolute atomic E-state index is 0.00896. The summed E-state index contributed by atoms with van der Waals surface area (Å²) < 4.78 is 42.0. The third-order valence-electron chi connectivity index (χ3n) is 6.06. The minimum Gasteiger partial charge on any atom is -0.406 e. The molecule has 39 heavy (non-hydrogen) atoms. The van der Waals surface area contributed by atoms with Gasteiger partial charge in [0.25, 0.3) is 0 Å². The van der Waals surface area contributed by atoms with Crippen molar-refractivity contribution in [3.63, 3.8) is 0 Å². The summed E-state index contributed by atoms with van der Waals surface area (Å²) in [5.74, 6) is -0.700. The fourth-order valence-electron chi connectivity index (χ4n) is 4.25. The molecule has 2 atom stereocenters. The van der Waals surface area contributed by atoms with Gasteiger partial charge < -0.3 is 25.4 Å². The zero-order valence-corrected chi connectivity index (χ0v) is 22.7. The molecular weight excluding hydrogens is 511 g/mol. The van der Waals surface area contributed by atoms with E-state index >= 15 is 0 Å². The molecule has 0 aliphatic rings. The highest BCUT2D eigenvalue weighted by molar-refractivity contribution is 5.79. The molecule has 0 fully saturated rings. The van der Waals surface area contributed by atoms with E-state index in [1.165, 1.54) is 18.2 Å². The Balaban J connectivity index is 2.01. The quantitative estimate of drug-likeness (QED) is 0.268. The number of halogens is 3. The van der Waals surface area contributed by atoms with Crippen LogP contribution in [0.3, 0.4) is 0 Å². The lowest BCUT2D eigenvalue weighted by molar-refractivity contribution is -0.274. The molecule has 2 aromatic carbocycles. The van der Waals surface area contributed by atoms with Gasteiger partial charge in [-0.05, 0) is 48.9 Å². The predicted octanol–water partition coefficient (Wildman–Crippen LogP) is 4.58. The summed E-state index contributed by atoms with van der Waals surface area (Å²) in [6, 6.07) is 14.3. The van der Waals surface area contributed by atoms with E-state index in [1.54, 1.807) is 11.0 Å². The second-order valence-corrected chi connectivity index (χ2v) is 9.49. The first kappa shape index (κ1) is 32.1. The van der Waals surface area contributed by atoms with E-state index in [9.17, 15) is 27.9 Å². The molecule has 0 radical (unpaired) electrons. The molecule has 2 rings (SSSR count). The number of aliphatic hydroxyl groups is 1. The maximum Gasteiger partial charge on any atom is 0.573 e. The summed E-state index contributed by atoms with van der Waals surface area (Å²) in [7, 11) is 0. The fourth-order valence-corrected chi connectivity index (χ4v) is 4.25. The van der Waals surface area contributed by atoms with Crippen LogP contribution in [-0.2, 0) is 22.6 Å². The summed E-state index contributed by atoms with van der Waals surface area (Å²) in [4.78, 5) is 27.1. The summed E-state index contributed by atoms with van der Waals surface area (Å²) in [5, 5.41) is 16.9. The Bertz CT molecular complexity index is 999. The van der Waals surface area contributed by atoms with Gasteiger partial charge in [-0.3, -0.25) is 9.59 Å². The number of nitrogens with zero attached hydrogens (tertiary/aromatic N) is 1. The Labute approximate surface area is 228 Å². The summed E-state index contributed by atoms with van der Waals surface area (Å²) >= 11 is 0. The zero-order chi connectivity index (χ0) is 28.7. The third kappa shape index (κ3) is 13.0. The van der Waals surface area contributed by atoms with Gasteiger partial charge in [0.15, 0.2) is 0 Å². The molecule has 0 aliphatic heterocycles. The number of benzene rings is 2. The van der Waals surface area contributed by atoms with Gasteiger partial charge in [0, 0.05) is 39.0 Å². The van der Waals surface area contributed by atoms with Crippen LogP contribution in [0.15, 0.2) is 54.6 Å². The molecule has 0 saturated heterocycles. The number of amides is 2. The Morgan fingerprint density at radius 3 is 2.28 bits per heavy atom. The van der Waals surface area contributed by atoms with Gasteiger partial charge >= 0.3 is 6.36 Å². The third-order valence-corrected chi connectivity index (χ3v) is 6.06. The van der Waals surface area contributed by atoms with Crippen molar-refractivity contribution in [2.45, 2.75) is 77.4 Å². The Kier molecular flexibility index (Phi) is 13.8. The molecule has 0 aliphatic carbocycles. The first-order valence-corrected chi connectivity index (χ1v) is 13.5. The van der Waals surface area contributed by atoms with Gasteiger partial charge in [-0.1, -0.05) is 56.3 Å². The second kappa shape index (κ2) is 16.8. The SMILES string of the molecule is CCCN(CCC)C(=O)CCCC(=O)N[C@@H](Cc1cccc(OC(F)(F)F)c1)[C@H](O)CNCc1ccccc1. The molecule has 0 unspecified atom stereocenters. The highest BCUT2D eigenvalue weighted by Gasteiger charge is 2.31. The van der Waals surface area contributed by atoms with Crippen LogP contribution in [-0.4, -0.2) is 60.0 Å². The molecule has 0 saturated carbocycles. The molecule has 7 nitrogen and oxygen atoms in total. The Morgan fingerprint density at radius 1 is 0.974 bits per heavy atom. The highest BCUT2D eigenvalue weighted by atomic mass is 19.4. The van der Waals surface area contributed by atoms with Gasteiger partial charge in [0.1, 0.15) is 5.75 Å². The van der Waals surface area contributed by atoms with Crippen LogP contribution >= 0.6 is 0 Å². The number of carbonyl (C=O) groups is 2. The standard InChI is InChI=1S/C29H40F3N3O4/c1-3-16-35(17-4-2)28(38)15-9-14-27(37)34-25(26(36)21-33-20-22-10-6-5-7-11-22)19-23-12-8-13-24(18-23)39-29(30,31)32/h5-8,10-13,18,25-26,33,36H,3-4,9,14-17,19-21H2,1-2H3,(H,34,37)/t25-,26+/m0/s1. The smallest absolute Gasteiger partial charge is 0.406 e. The summed E-state index contributed by atoms with van der Waals surface area (Å²) in [5.41, 5.74) is 1.49. The molecule has 3 N–H and O–H groups in total. The van der Waals surface area contributed by atoms with Crippen LogP contribution in [0.25, 0.3) is 0 Å². The van der Waals surface area contributed by atoms with E-state index in [0.717, 1.165) is 18.4 Å². The average Bonchev–Trinajstić information content (AvgIpc) is 2.88. The number of nitrogens with one attached hydrogen (secondary N) is 2. The van der Waals surface area contributed by atoms with E-state index in [2.05, 4.69) is 15.4 Å². The zero-order valence-electron chi connectivity index (χ0n) is 22.7. The largest absolute Gasteiger partial charge is 0.573 e. The van der Waals surface area contributed by atoms with Gasteiger partial charge in [0.05, 0.1) is 12.1 Å². The van der Waals surface area contributed by atoms with Gasteiger partial charge in [-0.15, -0.1) is 13.2 Å². The van der Waals surface area contributed by atoms with Crippen LogP contribution < -0.4 is 15.4 Å². The van der Waals surface area contributed by atoms with E-state index in [0.29, 0.717) is 31.6 Å². The van der Waals surface area contributed by atoms with Crippen LogP contribution in [0.5, 0.6) is 5.75 Å². The van der Waals surface area contributed by atoms with Gasteiger partial charge in [-0.2, -0.15) is 0 Å². The van der Waals surface area contributed by atoms with Crippen LogP contribution in [0.1, 0.15) is 57.1 Å². The normalized spacial score (nSPS) is 13.0. The first-order valence-electron chi connectivity index (χ1n) is 13.5. The maximum absolute atomic E-state index is 12.8. The van der Waals surface area contributed by atoms with Crippen molar-refractivity contribution in [2.24, 2.45) is 0 Å². The van der Waals surface area contributed by atoms with Gasteiger partial charge in [-0.25, -0.2) is 0 Å². The lowest BCUT2D eigenvalue weighted by Crippen LogP contribution is -2.48. The summed E-state index contributed by atoms with van der Waals surface area (Å²) in [6.07, 6.45) is -3.33. The average molecular weight is 552 g/mol. The number of aliphatic hydroxyl groups excluding tert-OH is 1. The van der Waals surface area contributed by atoms with Gasteiger partial charge in [0.2, 0.25) is 11.8 Å². The molecular formula is C29H40F3N3O4. The van der Waals surface area contributed by atoms with E-state index < -0.39 is 18.5 Å². The number of ether oxygens (including phenoxy) is 1. The summed E-state index contributed by atoms with van der Waals surface area (Å²) in [6.45, 7) is 6.03. The predicted molar refractivity (Wildman–Crippen MR) is 144 cm³/mol. The first-order chi connectivity index (χ1) is 18.6.